The molecular weight excluding hydrogens is 302 g/mol. The minimum atomic E-state index is -1.11. The predicted octanol–water partition coefficient (Wildman–Crippen LogP) is 2.04. The molecule has 0 aliphatic carbocycles. The molecule has 0 radical (unpaired) electrons. The number of rotatable bonds is 8. The molecule has 110 valence electrons. The van der Waals surface area contributed by atoms with E-state index in [4.69, 9.17) is 21.4 Å². The van der Waals surface area contributed by atoms with Crippen molar-refractivity contribution in [2.75, 3.05) is 19.5 Å². The quantitative estimate of drug-likeness (QED) is 0.718. The van der Waals surface area contributed by atoms with Gasteiger partial charge in [-0.05, 0) is 24.3 Å². The lowest BCUT2D eigenvalue weighted by Gasteiger charge is -2.13. The fraction of sp³-hybridized carbons (Fsp3) is 0.385. The van der Waals surface area contributed by atoms with Gasteiger partial charge in [-0.1, -0.05) is 11.6 Å². The maximum absolute atomic E-state index is 11.6. The van der Waals surface area contributed by atoms with E-state index in [1.165, 1.54) is 18.9 Å². The van der Waals surface area contributed by atoms with Crippen LogP contribution in [0.3, 0.4) is 0 Å². The molecule has 5 nitrogen and oxygen atoms in total. The smallest absolute Gasteiger partial charge is 0.328 e. The second-order valence-electron chi connectivity index (χ2n) is 3.97. The van der Waals surface area contributed by atoms with Gasteiger partial charge in [0, 0.05) is 29.2 Å². The summed E-state index contributed by atoms with van der Waals surface area (Å²) in [5, 5.41) is 11.9. The zero-order chi connectivity index (χ0) is 15.0. The van der Waals surface area contributed by atoms with Gasteiger partial charge in [-0.3, -0.25) is 4.79 Å². The summed E-state index contributed by atoms with van der Waals surface area (Å²) in [4.78, 5) is 23.5. The molecule has 0 aromatic heterocycles. The molecule has 20 heavy (non-hydrogen) atoms. The summed E-state index contributed by atoms with van der Waals surface area (Å²) in [6, 6.07) is 6.30. The number of carbonyl (C=O) groups excluding carboxylic acids is 1. The zero-order valence-corrected chi connectivity index (χ0v) is 12.5. The minimum absolute atomic E-state index is 0.0502. The van der Waals surface area contributed by atoms with E-state index in [1.54, 1.807) is 12.1 Å². The van der Waals surface area contributed by atoms with Gasteiger partial charge < -0.3 is 15.2 Å². The summed E-state index contributed by atoms with van der Waals surface area (Å²) in [7, 11) is 1.39. The van der Waals surface area contributed by atoms with E-state index in [-0.39, 0.29) is 18.9 Å². The van der Waals surface area contributed by atoms with Gasteiger partial charge in [-0.2, -0.15) is 0 Å². The molecule has 2 N–H and O–H groups in total. The second-order valence-corrected chi connectivity index (χ2v) is 5.57. The zero-order valence-electron chi connectivity index (χ0n) is 11.0. The largest absolute Gasteiger partial charge is 0.480 e. The number of carboxylic acids is 1. The second kappa shape index (κ2) is 8.84. The number of ether oxygens (including phenoxy) is 1. The van der Waals surface area contributed by atoms with Crippen LogP contribution in [0.25, 0.3) is 0 Å². The van der Waals surface area contributed by atoms with Gasteiger partial charge in [-0.25, -0.2) is 4.79 Å². The van der Waals surface area contributed by atoms with Gasteiger partial charge in [0.25, 0.3) is 0 Å². The lowest BCUT2D eigenvalue weighted by molar-refractivity contribution is -0.143. The molecule has 0 saturated heterocycles. The highest BCUT2D eigenvalue weighted by Crippen LogP contribution is 2.20. The number of carbonyl (C=O) groups is 2. The number of methoxy groups -OCH3 is 1. The first-order valence-electron chi connectivity index (χ1n) is 5.92. The van der Waals surface area contributed by atoms with E-state index in [2.05, 4.69) is 5.32 Å². The van der Waals surface area contributed by atoms with Crippen molar-refractivity contribution in [2.24, 2.45) is 0 Å². The highest BCUT2D eigenvalue weighted by molar-refractivity contribution is 7.99. The van der Waals surface area contributed by atoms with Crippen molar-refractivity contribution in [1.82, 2.24) is 5.32 Å². The van der Waals surface area contributed by atoms with Crippen LogP contribution in [0.2, 0.25) is 5.02 Å². The maximum atomic E-state index is 11.6. The van der Waals surface area contributed by atoms with E-state index in [9.17, 15) is 9.59 Å². The first-order valence-corrected chi connectivity index (χ1v) is 7.28. The highest BCUT2D eigenvalue weighted by Gasteiger charge is 2.19. The molecule has 1 amide bonds. The van der Waals surface area contributed by atoms with Crippen molar-refractivity contribution < 1.29 is 19.4 Å². The number of halogens is 1. The SMILES string of the molecule is COCC(NC(=O)CCSc1ccc(Cl)cc1)C(=O)O. The molecule has 0 saturated carbocycles. The molecule has 0 spiro atoms. The number of carboxylic acid groups (broad SMARTS) is 1. The fourth-order valence-electron chi connectivity index (χ4n) is 1.40. The molecule has 0 aliphatic heterocycles. The minimum Gasteiger partial charge on any atom is -0.480 e. The van der Waals surface area contributed by atoms with Crippen LogP contribution in [0, 0.1) is 0 Å². The van der Waals surface area contributed by atoms with Crippen molar-refractivity contribution in [2.45, 2.75) is 17.4 Å². The van der Waals surface area contributed by atoms with Crippen LogP contribution < -0.4 is 5.32 Å². The number of hydrogen-bond acceptors (Lipinski definition) is 4. The van der Waals surface area contributed by atoms with Crippen molar-refractivity contribution in [3.05, 3.63) is 29.3 Å². The Morgan fingerprint density at radius 3 is 2.60 bits per heavy atom. The third-order valence-electron chi connectivity index (χ3n) is 2.38. The molecule has 0 aliphatic rings. The Balaban J connectivity index is 2.32. The first kappa shape index (κ1) is 16.8. The van der Waals surface area contributed by atoms with E-state index < -0.39 is 12.0 Å². The third-order valence-corrected chi connectivity index (χ3v) is 3.64. The first-order chi connectivity index (χ1) is 9.52. The van der Waals surface area contributed by atoms with Crippen LogP contribution in [0.5, 0.6) is 0 Å². The number of amides is 1. The van der Waals surface area contributed by atoms with Crippen molar-refractivity contribution in [3.63, 3.8) is 0 Å². The summed E-state index contributed by atoms with van der Waals surface area (Å²) in [5.74, 6) is -0.853. The summed E-state index contributed by atoms with van der Waals surface area (Å²) < 4.78 is 4.74. The van der Waals surface area contributed by atoms with Gasteiger partial charge in [0.15, 0.2) is 6.04 Å². The van der Waals surface area contributed by atoms with Crippen LogP contribution in [0.1, 0.15) is 6.42 Å². The predicted molar refractivity (Wildman–Crippen MR) is 78.2 cm³/mol. The number of nitrogens with one attached hydrogen (secondary N) is 1. The van der Waals surface area contributed by atoms with E-state index in [0.29, 0.717) is 10.8 Å². The lowest BCUT2D eigenvalue weighted by atomic mass is 10.3. The Morgan fingerprint density at radius 2 is 2.05 bits per heavy atom. The molecule has 1 rings (SSSR count). The van der Waals surface area contributed by atoms with Crippen LogP contribution in [0.15, 0.2) is 29.2 Å². The maximum Gasteiger partial charge on any atom is 0.328 e. The van der Waals surface area contributed by atoms with E-state index in [1.807, 2.05) is 12.1 Å². The summed E-state index contributed by atoms with van der Waals surface area (Å²) in [5.41, 5.74) is 0. The number of aliphatic carboxylic acids is 1. The van der Waals surface area contributed by atoms with Gasteiger partial charge in [-0.15, -0.1) is 11.8 Å². The van der Waals surface area contributed by atoms with Crippen LogP contribution in [0.4, 0.5) is 0 Å². The number of benzene rings is 1. The fourth-order valence-corrected chi connectivity index (χ4v) is 2.38. The summed E-state index contributed by atoms with van der Waals surface area (Å²) in [6.45, 7) is -0.0502. The van der Waals surface area contributed by atoms with Crippen LogP contribution in [-0.4, -0.2) is 42.5 Å². The Kier molecular flexibility index (Phi) is 7.43. The van der Waals surface area contributed by atoms with Crippen LogP contribution in [-0.2, 0) is 14.3 Å². The van der Waals surface area contributed by atoms with Gasteiger partial charge in [0.05, 0.1) is 6.61 Å². The molecule has 7 heteroatoms. The average molecular weight is 318 g/mol. The van der Waals surface area contributed by atoms with Crippen LogP contribution >= 0.6 is 23.4 Å². The average Bonchev–Trinajstić information content (AvgIpc) is 2.40. The summed E-state index contributed by atoms with van der Waals surface area (Å²) >= 11 is 7.28. The standard InChI is InChI=1S/C13H16ClNO4S/c1-19-8-11(13(17)18)15-12(16)6-7-20-10-4-2-9(14)3-5-10/h2-5,11H,6-8H2,1H3,(H,15,16)(H,17,18). The van der Waals surface area contributed by atoms with Crippen molar-refractivity contribution >= 4 is 35.2 Å². The molecule has 1 unspecified atom stereocenters. The molecule has 0 heterocycles. The molecule has 1 aromatic carbocycles. The monoisotopic (exact) mass is 317 g/mol. The summed E-state index contributed by atoms with van der Waals surface area (Å²) in [6.07, 6.45) is 0.237. The van der Waals surface area contributed by atoms with Crippen molar-refractivity contribution in [1.29, 1.82) is 0 Å². The molecule has 0 fully saturated rings. The normalized spacial score (nSPS) is 11.9. The molecule has 1 aromatic rings. The Morgan fingerprint density at radius 1 is 1.40 bits per heavy atom. The van der Waals surface area contributed by atoms with Gasteiger partial charge in [0.1, 0.15) is 0 Å². The van der Waals surface area contributed by atoms with E-state index in [0.717, 1.165) is 4.90 Å². The van der Waals surface area contributed by atoms with Gasteiger partial charge >= 0.3 is 5.97 Å². The molecular formula is C13H16ClNO4S. The topological polar surface area (TPSA) is 75.6 Å². The van der Waals surface area contributed by atoms with Crippen molar-refractivity contribution in [3.8, 4) is 0 Å². The third kappa shape index (κ3) is 6.27. The number of thioether (sulfide) groups is 1. The Bertz CT molecular complexity index is 452. The molecule has 1 atom stereocenters. The van der Waals surface area contributed by atoms with E-state index >= 15 is 0 Å². The molecule has 0 bridgehead atoms. The van der Waals surface area contributed by atoms with Gasteiger partial charge in [0.2, 0.25) is 5.91 Å². The Hall–Kier alpha value is -1.24. The Labute approximate surface area is 126 Å². The number of hydrogen-bond donors (Lipinski definition) is 2. The highest BCUT2D eigenvalue weighted by atomic mass is 35.5. The lowest BCUT2D eigenvalue weighted by Crippen LogP contribution is -2.43.